The Kier molecular flexibility index (Phi) is 9.17. The lowest BCUT2D eigenvalue weighted by molar-refractivity contribution is -0.127. The van der Waals surface area contributed by atoms with Gasteiger partial charge in [-0.2, -0.15) is 0 Å². The van der Waals surface area contributed by atoms with Crippen LogP contribution in [0.5, 0.6) is 0 Å². The number of hydrogen-bond donors (Lipinski definition) is 1. The fourth-order valence-electron chi connectivity index (χ4n) is 3.48. The number of thiazole rings is 1. The first kappa shape index (κ1) is 23.9. The minimum absolute atomic E-state index is 0.110. The number of ether oxygens (including phenoxy) is 1. The van der Waals surface area contributed by atoms with Crippen LogP contribution in [-0.2, 0) is 20.9 Å². The molecule has 0 radical (unpaired) electrons. The lowest BCUT2D eigenvalue weighted by atomic mass is 10.3. The van der Waals surface area contributed by atoms with Crippen molar-refractivity contribution >= 4 is 34.2 Å². The number of carbonyl (C=O) groups is 3. The van der Waals surface area contributed by atoms with Gasteiger partial charge < -0.3 is 19.5 Å². The average molecular weight is 463 g/mol. The van der Waals surface area contributed by atoms with Crippen LogP contribution in [0.1, 0.15) is 41.8 Å². The highest BCUT2D eigenvalue weighted by Crippen LogP contribution is 2.24. The maximum absolute atomic E-state index is 12.7. The normalized spacial score (nSPS) is 13.5. The monoisotopic (exact) mass is 462 g/mol. The van der Waals surface area contributed by atoms with Crippen LogP contribution in [0, 0.1) is 0 Å². The number of imidazole rings is 1. The van der Waals surface area contributed by atoms with Gasteiger partial charge in [0, 0.05) is 58.6 Å². The van der Waals surface area contributed by atoms with Gasteiger partial charge >= 0.3 is 0 Å². The summed E-state index contributed by atoms with van der Waals surface area (Å²) in [5, 5.41) is 3.38. The molecular weight excluding hydrogens is 432 g/mol. The summed E-state index contributed by atoms with van der Waals surface area (Å²) in [6.45, 7) is 3.45. The summed E-state index contributed by atoms with van der Waals surface area (Å²) in [7, 11) is 1.55. The third kappa shape index (κ3) is 6.86. The van der Waals surface area contributed by atoms with E-state index in [2.05, 4.69) is 15.3 Å². The van der Waals surface area contributed by atoms with Crippen LogP contribution in [0.15, 0.2) is 24.9 Å². The number of aromatic nitrogens is 3. The van der Waals surface area contributed by atoms with E-state index in [4.69, 9.17) is 4.74 Å². The zero-order valence-electron chi connectivity index (χ0n) is 18.4. The predicted octanol–water partition coefficient (Wildman–Crippen LogP) is 1.54. The molecule has 2 aromatic rings. The van der Waals surface area contributed by atoms with Gasteiger partial charge in [0.1, 0.15) is 4.88 Å². The van der Waals surface area contributed by atoms with Crippen LogP contribution >= 0.6 is 11.3 Å². The molecule has 0 bridgehead atoms. The van der Waals surface area contributed by atoms with Crippen molar-refractivity contribution < 1.29 is 19.1 Å². The lowest BCUT2D eigenvalue weighted by Crippen LogP contribution is -2.35. The molecule has 3 amide bonds. The van der Waals surface area contributed by atoms with Crippen molar-refractivity contribution in [1.29, 1.82) is 0 Å². The molecule has 1 saturated heterocycles. The second-order valence-electron chi connectivity index (χ2n) is 7.54. The largest absolute Gasteiger partial charge is 0.384 e. The zero-order valence-corrected chi connectivity index (χ0v) is 19.2. The predicted molar refractivity (Wildman–Crippen MR) is 121 cm³/mol. The summed E-state index contributed by atoms with van der Waals surface area (Å²) in [4.78, 5) is 49.2. The van der Waals surface area contributed by atoms with E-state index in [9.17, 15) is 14.4 Å². The molecule has 0 atom stereocenters. The van der Waals surface area contributed by atoms with E-state index in [1.54, 1.807) is 24.5 Å². The quantitative estimate of drug-likeness (QED) is 0.452. The van der Waals surface area contributed by atoms with Crippen molar-refractivity contribution in [2.45, 2.75) is 38.6 Å². The van der Waals surface area contributed by atoms with E-state index >= 15 is 0 Å². The number of amides is 3. The first-order chi connectivity index (χ1) is 15.6. The number of methoxy groups -OCH3 is 1. The molecule has 174 valence electrons. The average Bonchev–Trinajstić information content (AvgIpc) is 3.55. The minimum atomic E-state index is -0.202. The second kappa shape index (κ2) is 12.3. The molecule has 10 nitrogen and oxygen atoms in total. The Hall–Kier alpha value is -2.79. The third-order valence-corrected chi connectivity index (χ3v) is 6.21. The SMILES string of the molecule is COCCC(=O)N(CCCN1CCCC1=O)c1ncc(C(=O)NCCCn2ccnc2)s1. The molecule has 1 aliphatic heterocycles. The van der Waals surface area contributed by atoms with E-state index < -0.39 is 0 Å². The summed E-state index contributed by atoms with van der Waals surface area (Å²) in [5.41, 5.74) is 0. The second-order valence-corrected chi connectivity index (χ2v) is 8.55. The van der Waals surface area contributed by atoms with Gasteiger partial charge in [-0.05, 0) is 19.3 Å². The number of nitrogens with zero attached hydrogens (tertiary/aromatic N) is 5. The number of hydrogen-bond acceptors (Lipinski definition) is 7. The number of carbonyl (C=O) groups excluding carboxylic acids is 3. The molecule has 0 aliphatic carbocycles. The van der Waals surface area contributed by atoms with Crippen LogP contribution in [0.25, 0.3) is 0 Å². The van der Waals surface area contributed by atoms with Crippen LogP contribution in [0.2, 0.25) is 0 Å². The molecule has 2 aromatic heterocycles. The summed E-state index contributed by atoms with van der Waals surface area (Å²) < 4.78 is 6.99. The molecule has 0 saturated carbocycles. The number of anilines is 1. The van der Waals surface area contributed by atoms with Crippen LogP contribution in [-0.4, -0.2) is 77.1 Å². The number of likely N-dealkylation sites (tertiary alicyclic amines) is 1. The van der Waals surface area contributed by atoms with Crippen LogP contribution in [0.3, 0.4) is 0 Å². The van der Waals surface area contributed by atoms with Gasteiger partial charge in [-0.15, -0.1) is 0 Å². The molecule has 11 heteroatoms. The molecule has 3 heterocycles. The minimum Gasteiger partial charge on any atom is -0.384 e. The Morgan fingerprint density at radius 2 is 2.19 bits per heavy atom. The van der Waals surface area contributed by atoms with Crippen molar-refractivity contribution in [1.82, 2.24) is 24.8 Å². The number of nitrogens with one attached hydrogen (secondary N) is 1. The molecule has 3 rings (SSSR count). The van der Waals surface area contributed by atoms with Gasteiger partial charge in [-0.3, -0.25) is 19.3 Å². The zero-order chi connectivity index (χ0) is 22.8. The first-order valence-corrected chi connectivity index (χ1v) is 11.7. The first-order valence-electron chi connectivity index (χ1n) is 10.9. The Labute approximate surface area is 191 Å². The van der Waals surface area contributed by atoms with E-state index in [1.165, 1.54) is 17.5 Å². The highest BCUT2D eigenvalue weighted by atomic mass is 32.1. The Morgan fingerprint density at radius 1 is 1.31 bits per heavy atom. The lowest BCUT2D eigenvalue weighted by Gasteiger charge is -2.22. The smallest absolute Gasteiger partial charge is 0.263 e. The van der Waals surface area contributed by atoms with Crippen molar-refractivity contribution in [3.05, 3.63) is 29.8 Å². The van der Waals surface area contributed by atoms with Crippen molar-refractivity contribution in [3.63, 3.8) is 0 Å². The van der Waals surface area contributed by atoms with E-state index in [0.717, 1.165) is 25.9 Å². The molecule has 1 fully saturated rings. The molecule has 0 spiro atoms. The summed E-state index contributed by atoms with van der Waals surface area (Å²) in [6.07, 6.45) is 10.0. The van der Waals surface area contributed by atoms with Gasteiger partial charge in [-0.1, -0.05) is 11.3 Å². The standard InChI is InChI=1S/C21H30N6O4S/c1-31-14-6-19(29)27(12-4-11-26-10-2-5-18(26)28)21-24-15-17(32-21)20(30)23-7-3-9-25-13-8-22-16-25/h8,13,15-16H,2-7,9-12,14H2,1H3,(H,23,30). The van der Waals surface area contributed by atoms with Gasteiger partial charge in [0.05, 0.1) is 25.6 Å². The maximum atomic E-state index is 12.7. The van der Waals surface area contributed by atoms with E-state index in [1.807, 2.05) is 15.7 Å². The van der Waals surface area contributed by atoms with E-state index in [-0.39, 0.29) is 24.1 Å². The number of rotatable bonds is 13. The van der Waals surface area contributed by atoms with Crippen molar-refractivity contribution in [2.24, 2.45) is 0 Å². The summed E-state index contributed by atoms with van der Waals surface area (Å²) in [6, 6.07) is 0. The fourth-order valence-corrected chi connectivity index (χ4v) is 4.35. The summed E-state index contributed by atoms with van der Waals surface area (Å²) >= 11 is 1.20. The Bertz CT molecular complexity index is 885. The fraction of sp³-hybridized carbons (Fsp3) is 0.571. The Morgan fingerprint density at radius 3 is 2.91 bits per heavy atom. The summed E-state index contributed by atoms with van der Waals surface area (Å²) in [5.74, 6) is -0.143. The molecule has 1 N–H and O–H groups in total. The molecular formula is C21H30N6O4S. The van der Waals surface area contributed by atoms with Gasteiger partial charge in [0.2, 0.25) is 11.8 Å². The molecule has 0 aromatic carbocycles. The molecule has 1 aliphatic rings. The third-order valence-electron chi connectivity index (χ3n) is 5.19. The van der Waals surface area contributed by atoms with Gasteiger partial charge in [0.15, 0.2) is 5.13 Å². The van der Waals surface area contributed by atoms with Gasteiger partial charge in [0.25, 0.3) is 5.91 Å². The molecule has 0 unspecified atom stereocenters. The highest BCUT2D eigenvalue weighted by Gasteiger charge is 2.23. The van der Waals surface area contributed by atoms with Crippen molar-refractivity contribution in [3.8, 4) is 0 Å². The topological polar surface area (TPSA) is 110 Å². The van der Waals surface area contributed by atoms with E-state index in [0.29, 0.717) is 49.1 Å². The maximum Gasteiger partial charge on any atom is 0.263 e. The molecule has 32 heavy (non-hydrogen) atoms. The van der Waals surface area contributed by atoms with Gasteiger partial charge in [-0.25, -0.2) is 9.97 Å². The number of aryl methyl sites for hydroxylation is 1. The Balaban J connectivity index is 1.53. The van der Waals surface area contributed by atoms with Crippen LogP contribution in [0.4, 0.5) is 5.13 Å². The highest BCUT2D eigenvalue weighted by molar-refractivity contribution is 7.17. The van der Waals surface area contributed by atoms with Crippen LogP contribution < -0.4 is 10.2 Å². The van der Waals surface area contributed by atoms with Crippen molar-refractivity contribution in [2.75, 3.05) is 44.8 Å².